The molecule has 0 aromatic carbocycles. The van der Waals surface area contributed by atoms with Gasteiger partial charge in [0.25, 0.3) is 6.43 Å². The van der Waals surface area contributed by atoms with E-state index in [1.54, 1.807) is 0 Å². The van der Waals surface area contributed by atoms with Crippen LogP contribution in [0.5, 0.6) is 17.8 Å². The van der Waals surface area contributed by atoms with Gasteiger partial charge in [0.1, 0.15) is 5.56 Å². The normalized spacial score (nSPS) is 10.2. The van der Waals surface area contributed by atoms with Crippen LogP contribution in [0.3, 0.4) is 0 Å². The van der Waals surface area contributed by atoms with E-state index in [1.807, 2.05) is 0 Å². The molecule has 1 N–H and O–H groups in total. The lowest BCUT2D eigenvalue weighted by Gasteiger charge is -2.07. The first kappa shape index (κ1) is 12.1. The molecule has 0 fully saturated rings. The second-order valence-electron chi connectivity index (χ2n) is 2.57. The van der Waals surface area contributed by atoms with E-state index in [0.717, 1.165) is 0 Å². The number of rotatable bonds is 5. The summed E-state index contributed by atoms with van der Waals surface area (Å²) < 4.78 is 32.8. The number of hydrogen-bond acceptors (Lipinski definition) is 6. The van der Waals surface area contributed by atoms with Crippen LogP contribution in [0.25, 0.3) is 0 Å². The number of carbonyl (C=O) groups is 1. The van der Waals surface area contributed by atoms with Crippen molar-refractivity contribution in [1.82, 2.24) is 9.97 Å². The summed E-state index contributed by atoms with van der Waals surface area (Å²) in [6, 6.07) is -0.486. The molecule has 0 spiro atoms. The smallest absolute Gasteiger partial charge is 0.323 e. The Balaban J connectivity index is 2.96. The fourth-order valence-corrected chi connectivity index (χ4v) is 0.879. The van der Waals surface area contributed by atoms with Crippen LogP contribution in [0.4, 0.5) is 8.78 Å². The quantitative estimate of drug-likeness (QED) is 0.753. The van der Waals surface area contributed by atoms with E-state index in [4.69, 9.17) is 0 Å². The van der Waals surface area contributed by atoms with Crippen molar-refractivity contribution in [3.8, 4) is 17.8 Å². The molecular weight excluding hydrogens is 226 g/mol. The summed E-state index contributed by atoms with van der Waals surface area (Å²) in [6.45, 7) is -0.914. The van der Waals surface area contributed by atoms with Crippen molar-refractivity contribution in [3.63, 3.8) is 0 Å². The van der Waals surface area contributed by atoms with Crippen molar-refractivity contribution in [2.75, 3.05) is 13.7 Å². The number of aromatic nitrogens is 2. The molecule has 0 unspecified atom stereocenters. The number of hydrogen-bond donors (Lipinski definition) is 1. The Hall–Kier alpha value is -1.99. The first-order valence-corrected chi connectivity index (χ1v) is 4.09. The second kappa shape index (κ2) is 5.19. The molecule has 1 rings (SSSR count). The van der Waals surface area contributed by atoms with Gasteiger partial charge < -0.3 is 14.6 Å². The third-order valence-corrected chi connectivity index (χ3v) is 1.52. The number of nitrogens with zero attached hydrogens (tertiary/aromatic N) is 2. The fraction of sp³-hybridized carbons (Fsp3) is 0.375. The number of carbonyl (C=O) groups excluding carboxylic acids is 1. The fourth-order valence-electron chi connectivity index (χ4n) is 0.879. The molecule has 0 saturated carbocycles. The molecule has 88 valence electrons. The molecule has 0 aliphatic carbocycles. The van der Waals surface area contributed by atoms with Crippen molar-refractivity contribution in [3.05, 3.63) is 5.56 Å². The van der Waals surface area contributed by atoms with Crippen LogP contribution in [-0.2, 0) is 0 Å². The van der Waals surface area contributed by atoms with Crippen LogP contribution >= 0.6 is 0 Å². The van der Waals surface area contributed by atoms with Gasteiger partial charge in [-0.3, -0.25) is 4.79 Å². The highest BCUT2D eigenvalue weighted by molar-refractivity contribution is 5.81. The molecule has 0 aliphatic rings. The van der Waals surface area contributed by atoms with Gasteiger partial charge in [-0.1, -0.05) is 0 Å². The minimum atomic E-state index is -2.69. The minimum absolute atomic E-state index is 0.244. The monoisotopic (exact) mass is 234 g/mol. The summed E-state index contributed by atoms with van der Waals surface area (Å²) in [5.74, 6) is -0.933. The zero-order chi connectivity index (χ0) is 12.1. The highest BCUT2D eigenvalue weighted by Gasteiger charge is 2.15. The largest absolute Gasteiger partial charge is 0.493 e. The van der Waals surface area contributed by atoms with Crippen LogP contribution in [0.2, 0.25) is 0 Å². The zero-order valence-corrected chi connectivity index (χ0v) is 8.18. The van der Waals surface area contributed by atoms with Gasteiger partial charge in [-0.25, -0.2) is 8.78 Å². The second-order valence-corrected chi connectivity index (χ2v) is 2.57. The van der Waals surface area contributed by atoms with Crippen LogP contribution in [-0.4, -0.2) is 41.5 Å². The Bertz CT molecular complexity index is 387. The number of alkyl halides is 2. The Morgan fingerprint density at radius 1 is 1.50 bits per heavy atom. The van der Waals surface area contributed by atoms with Crippen molar-refractivity contribution < 1.29 is 28.2 Å². The van der Waals surface area contributed by atoms with Gasteiger partial charge in [-0.15, -0.1) is 0 Å². The molecule has 0 bridgehead atoms. The predicted octanol–water partition coefficient (Wildman–Crippen LogP) is 0.647. The molecular formula is C8H8F2N2O4. The highest BCUT2D eigenvalue weighted by atomic mass is 19.3. The maximum Gasteiger partial charge on any atom is 0.323 e. The summed E-state index contributed by atoms with van der Waals surface area (Å²) in [4.78, 5) is 17.3. The number of ether oxygens (including phenoxy) is 2. The van der Waals surface area contributed by atoms with Crippen LogP contribution < -0.4 is 9.47 Å². The standard InChI is InChI=1S/C8H8F2N2O4/c1-15-7-4(2-13)6(14)11-8(12-7)16-3-5(9)10/h2,5H,3H2,1H3,(H,11,12,14). The van der Waals surface area contributed by atoms with Gasteiger partial charge in [0.15, 0.2) is 12.9 Å². The molecule has 1 heterocycles. The van der Waals surface area contributed by atoms with Gasteiger partial charge in [0.05, 0.1) is 7.11 Å². The average molecular weight is 234 g/mol. The molecule has 0 radical (unpaired) electrons. The molecule has 0 atom stereocenters. The van der Waals surface area contributed by atoms with Gasteiger partial charge in [0, 0.05) is 0 Å². The first-order valence-electron chi connectivity index (χ1n) is 4.09. The molecule has 0 aliphatic heterocycles. The Kier molecular flexibility index (Phi) is 3.92. The minimum Gasteiger partial charge on any atom is -0.493 e. The van der Waals surface area contributed by atoms with E-state index >= 15 is 0 Å². The lowest BCUT2D eigenvalue weighted by Crippen LogP contribution is -2.10. The van der Waals surface area contributed by atoms with E-state index in [1.165, 1.54) is 7.11 Å². The lowest BCUT2D eigenvalue weighted by molar-refractivity contribution is 0.0760. The summed E-state index contributed by atoms with van der Waals surface area (Å²) in [6.07, 6.45) is -2.41. The number of methoxy groups -OCH3 is 1. The molecule has 16 heavy (non-hydrogen) atoms. The third kappa shape index (κ3) is 2.75. The van der Waals surface area contributed by atoms with Crippen LogP contribution in [0.1, 0.15) is 10.4 Å². The number of halogens is 2. The van der Waals surface area contributed by atoms with E-state index < -0.39 is 24.9 Å². The maximum absolute atomic E-state index is 11.8. The Labute approximate surface area is 88.8 Å². The van der Waals surface area contributed by atoms with Crippen molar-refractivity contribution in [2.45, 2.75) is 6.43 Å². The first-order chi connectivity index (χ1) is 7.58. The SMILES string of the molecule is COc1nc(OCC(F)F)nc(O)c1C=O. The van der Waals surface area contributed by atoms with E-state index in [0.29, 0.717) is 0 Å². The molecule has 1 aromatic rings. The Morgan fingerprint density at radius 2 is 2.19 bits per heavy atom. The topological polar surface area (TPSA) is 81.5 Å². The summed E-state index contributed by atoms with van der Waals surface area (Å²) in [5.41, 5.74) is -0.271. The summed E-state index contributed by atoms with van der Waals surface area (Å²) in [7, 11) is 1.20. The maximum atomic E-state index is 11.8. The van der Waals surface area contributed by atoms with E-state index in [9.17, 15) is 18.7 Å². The van der Waals surface area contributed by atoms with E-state index in [2.05, 4.69) is 19.4 Å². The van der Waals surface area contributed by atoms with E-state index in [-0.39, 0.29) is 17.7 Å². The molecule has 0 saturated heterocycles. The van der Waals surface area contributed by atoms with Gasteiger partial charge in [-0.2, -0.15) is 9.97 Å². The molecule has 0 amide bonds. The third-order valence-electron chi connectivity index (χ3n) is 1.52. The van der Waals surface area contributed by atoms with Crippen LogP contribution in [0, 0.1) is 0 Å². The summed E-state index contributed by atoms with van der Waals surface area (Å²) in [5, 5.41) is 9.24. The van der Waals surface area contributed by atoms with Crippen molar-refractivity contribution in [1.29, 1.82) is 0 Å². The van der Waals surface area contributed by atoms with Crippen molar-refractivity contribution >= 4 is 6.29 Å². The molecule has 1 aromatic heterocycles. The number of aromatic hydroxyl groups is 1. The molecule has 8 heteroatoms. The summed E-state index contributed by atoms with van der Waals surface area (Å²) >= 11 is 0. The van der Waals surface area contributed by atoms with Crippen molar-refractivity contribution in [2.24, 2.45) is 0 Å². The average Bonchev–Trinajstić information content (AvgIpc) is 2.25. The van der Waals surface area contributed by atoms with Gasteiger partial charge >= 0.3 is 6.01 Å². The molecule has 6 nitrogen and oxygen atoms in total. The lowest BCUT2D eigenvalue weighted by atomic mass is 10.3. The van der Waals surface area contributed by atoms with Gasteiger partial charge in [-0.05, 0) is 0 Å². The van der Waals surface area contributed by atoms with Gasteiger partial charge in [0.2, 0.25) is 11.8 Å². The number of aldehydes is 1. The predicted molar refractivity (Wildman–Crippen MR) is 47.1 cm³/mol. The highest BCUT2D eigenvalue weighted by Crippen LogP contribution is 2.24. The Morgan fingerprint density at radius 3 is 2.69 bits per heavy atom. The van der Waals surface area contributed by atoms with Crippen LogP contribution in [0.15, 0.2) is 0 Å². The zero-order valence-electron chi connectivity index (χ0n) is 8.18.